The molecule has 1 aromatic heterocycles. The number of nitrogens with zero attached hydrogens (tertiary/aromatic N) is 1. The lowest BCUT2D eigenvalue weighted by Gasteiger charge is -2.06. The van der Waals surface area contributed by atoms with Gasteiger partial charge in [0, 0.05) is 22.8 Å². The Morgan fingerprint density at radius 3 is 2.78 bits per heavy atom. The van der Waals surface area contributed by atoms with Gasteiger partial charge in [-0.05, 0) is 34.1 Å². The Hall–Kier alpha value is -1.75. The number of aromatic nitrogens is 1. The molecule has 3 nitrogen and oxygen atoms in total. The van der Waals surface area contributed by atoms with E-state index in [9.17, 15) is 9.18 Å². The molecule has 2 aromatic rings. The van der Waals surface area contributed by atoms with E-state index in [1.807, 2.05) is 0 Å². The van der Waals surface area contributed by atoms with Crippen molar-refractivity contribution in [2.75, 3.05) is 0 Å². The molecule has 0 unspecified atom stereocenters. The van der Waals surface area contributed by atoms with E-state index in [-0.39, 0.29) is 24.0 Å². The lowest BCUT2D eigenvalue weighted by Crippen LogP contribution is -2.24. The molecule has 18 heavy (non-hydrogen) atoms. The summed E-state index contributed by atoms with van der Waals surface area (Å²) >= 11 is 3.24. The minimum absolute atomic E-state index is 0.133. The standard InChI is InChI=1S/C13H10BrFN2O/c14-10-5-3-7-16-12(10)13(18)17-8-9-4-1-2-6-11(9)15/h1-7H,8H2,(H,17,18). The second kappa shape index (κ2) is 5.73. The molecule has 5 heteroatoms. The van der Waals surface area contributed by atoms with Gasteiger partial charge in [-0.25, -0.2) is 9.37 Å². The maximum Gasteiger partial charge on any atom is 0.271 e. The van der Waals surface area contributed by atoms with Gasteiger partial charge in [-0.1, -0.05) is 18.2 Å². The molecule has 1 heterocycles. The van der Waals surface area contributed by atoms with Gasteiger partial charge in [0.15, 0.2) is 0 Å². The fourth-order valence-electron chi connectivity index (χ4n) is 1.45. The van der Waals surface area contributed by atoms with Gasteiger partial charge in [0.2, 0.25) is 0 Å². The SMILES string of the molecule is O=C(NCc1ccccc1F)c1ncccc1Br. The molecule has 2 rings (SSSR count). The van der Waals surface area contributed by atoms with Crippen molar-refractivity contribution >= 4 is 21.8 Å². The summed E-state index contributed by atoms with van der Waals surface area (Å²) in [5, 5.41) is 2.63. The zero-order chi connectivity index (χ0) is 13.0. The zero-order valence-electron chi connectivity index (χ0n) is 9.36. The number of nitrogens with one attached hydrogen (secondary N) is 1. The largest absolute Gasteiger partial charge is 0.346 e. The maximum atomic E-state index is 13.3. The quantitative estimate of drug-likeness (QED) is 0.947. The molecule has 0 aliphatic heterocycles. The summed E-state index contributed by atoms with van der Waals surface area (Å²) in [6.45, 7) is 0.133. The Kier molecular flexibility index (Phi) is 4.04. The Morgan fingerprint density at radius 1 is 1.28 bits per heavy atom. The third kappa shape index (κ3) is 2.92. The molecule has 1 amide bonds. The third-order valence-electron chi connectivity index (χ3n) is 2.37. The van der Waals surface area contributed by atoms with E-state index in [4.69, 9.17) is 0 Å². The van der Waals surface area contributed by atoms with Crippen LogP contribution in [0.2, 0.25) is 0 Å². The van der Waals surface area contributed by atoms with Crippen molar-refractivity contribution < 1.29 is 9.18 Å². The molecule has 0 bridgehead atoms. The first-order valence-corrected chi connectivity index (χ1v) is 6.10. The first-order chi connectivity index (χ1) is 8.68. The minimum Gasteiger partial charge on any atom is -0.346 e. The molecule has 0 atom stereocenters. The summed E-state index contributed by atoms with van der Waals surface area (Å²) < 4.78 is 14.0. The topological polar surface area (TPSA) is 42.0 Å². The van der Waals surface area contributed by atoms with Crippen LogP contribution in [0.15, 0.2) is 47.1 Å². The van der Waals surface area contributed by atoms with E-state index in [2.05, 4.69) is 26.2 Å². The van der Waals surface area contributed by atoms with Crippen LogP contribution < -0.4 is 5.32 Å². The molecule has 0 aliphatic carbocycles. The Morgan fingerprint density at radius 2 is 2.06 bits per heavy atom. The fourth-order valence-corrected chi connectivity index (χ4v) is 1.89. The number of amides is 1. The van der Waals surface area contributed by atoms with Crippen molar-refractivity contribution in [3.63, 3.8) is 0 Å². The van der Waals surface area contributed by atoms with Crippen LogP contribution in [0.4, 0.5) is 4.39 Å². The van der Waals surface area contributed by atoms with Crippen molar-refractivity contribution in [1.29, 1.82) is 0 Å². The van der Waals surface area contributed by atoms with Crippen molar-refractivity contribution in [1.82, 2.24) is 10.3 Å². The number of halogens is 2. The molecule has 1 aromatic carbocycles. The Labute approximate surface area is 112 Å². The van der Waals surface area contributed by atoms with Crippen molar-refractivity contribution in [3.8, 4) is 0 Å². The van der Waals surface area contributed by atoms with E-state index in [0.717, 1.165) is 0 Å². The molecule has 0 spiro atoms. The van der Waals surface area contributed by atoms with Crippen molar-refractivity contribution in [3.05, 3.63) is 64.1 Å². The first kappa shape index (κ1) is 12.7. The summed E-state index contributed by atoms with van der Waals surface area (Å²) in [6.07, 6.45) is 1.53. The molecular formula is C13H10BrFN2O. The number of carbonyl (C=O) groups is 1. The van der Waals surface area contributed by atoms with Crippen LogP contribution in [0.3, 0.4) is 0 Å². The number of hydrogen-bond donors (Lipinski definition) is 1. The Balaban J connectivity index is 2.06. The van der Waals surface area contributed by atoms with Gasteiger partial charge in [0.05, 0.1) is 0 Å². The highest BCUT2D eigenvalue weighted by atomic mass is 79.9. The number of carbonyl (C=O) groups excluding carboxylic acids is 1. The van der Waals surface area contributed by atoms with Gasteiger partial charge in [-0.3, -0.25) is 4.79 Å². The van der Waals surface area contributed by atoms with Crippen molar-refractivity contribution in [2.24, 2.45) is 0 Å². The third-order valence-corrected chi connectivity index (χ3v) is 3.01. The van der Waals surface area contributed by atoms with E-state index < -0.39 is 0 Å². The summed E-state index contributed by atoms with van der Waals surface area (Å²) in [5.74, 6) is -0.677. The summed E-state index contributed by atoms with van der Waals surface area (Å²) in [6, 6.07) is 9.77. The van der Waals surface area contributed by atoms with Gasteiger partial charge in [0.25, 0.3) is 5.91 Å². The lowest BCUT2D eigenvalue weighted by molar-refractivity contribution is 0.0945. The van der Waals surface area contributed by atoms with E-state index in [0.29, 0.717) is 10.0 Å². The smallest absolute Gasteiger partial charge is 0.271 e. The number of rotatable bonds is 3. The van der Waals surface area contributed by atoms with Gasteiger partial charge >= 0.3 is 0 Å². The van der Waals surface area contributed by atoms with Crippen LogP contribution >= 0.6 is 15.9 Å². The van der Waals surface area contributed by atoms with Gasteiger partial charge < -0.3 is 5.32 Å². The molecule has 0 aliphatic rings. The zero-order valence-corrected chi connectivity index (χ0v) is 10.9. The average Bonchev–Trinajstić information content (AvgIpc) is 2.38. The average molecular weight is 309 g/mol. The Bertz CT molecular complexity index is 574. The number of pyridine rings is 1. The van der Waals surface area contributed by atoms with E-state index in [1.165, 1.54) is 12.3 Å². The van der Waals surface area contributed by atoms with Gasteiger partial charge in [-0.15, -0.1) is 0 Å². The molecule has 92 valence electrons. The van der Waals surface area contributed by atoms with Gasteiger partial charge in [-0.2, -0.15) is 0 Å². The predicted octanol–water partition coefficient (Wildman–Crippen LogP) is 2.91. The summed E-state index contributed by atoms with van der Waals surface area (Å²) in [5.41, 5.74) is 0.728. The highest BCUT2D eigenvalue weighted by Crippen LogP contribution is 2.13. The highest BCUT2D eigenvalue weighted by Gasteiger charge is 2.11. The van der Waals surface area contributed by atoms with Crippen LogP contribution in [0, 0.1) is 5.82 Å². The van der Waals surface area contributed by atoms with Crippen LogP contribution in [0.5, 0.6) is 0 Å². The van der Waals surface area contributed by atoms with E-state index >= 15 is 0 Å². The maximum absolute atomic E-state index is 13.3. The fraction of sp³-hybridized carbons (Fsp3) is 0.0769. The second-order valence-electron chi connectivity index (χ2n) is 3.61. The van der Waals surface area contributed by atoms with Crippen LogP contribution in [-0.4, -0.2) is 10.9 Å². The summed E-state index contributed by atoms with van der Waals surface area (Å²) in [7, 11) is 0. The number of benzene rings is 1. The van der Waals surface area contributed by atoms with Crippen LogP contribution in [0.25, 0.3) is 0 Å². The molecule has 0 saturated carbocycles. The normalized spacial score (nSPS) is 10.1. The first-order valence-electron chi connectivity index (χ1n) is 5.30. The summed E-state index contributed by atoms with van der Waals surface area (Å²) in [4.78, 5) is 15.8. The van der Waals surface area contributed by atoms with Crippen molar-refractivity contribution in [2.45, 2.75) is 6.54 Å². The number of hydrogen-bond acceptors (Lipinski definition) is 2. The molecule has 0 fully saturated rings. The van der Waals surface area contributed by atoms with E-state index in [1.54, 1.807) is 30.3 Å². The minimum atomic E-state index is -0.342. The predicted molar refractivity (Wildman–Crippen MR) is 69.5 cm³/mol. The molecule has 0 radical (unpaired) electrons. The van der Waals surface area contributed by atoms with Gasteiger partial charge in [0.1, 0.15) is 11.5 Å². The second-order valence-corrected chi connectivity index (χ2v) is 4.46. The van der Waals surface area contributed by atoms with Crippen LogP contribution in [0.1, 0.15) is 16.1 Å². The van der Waals surface area contributed by atoms with Crippen LogP contribution in [-0.2, 0) is 6.54 Å². The molecule has 1 N–H and O–H groups in total. The molecular weight excluding hydrogens is 299 g/mol. The molecule has 0 saturated heterocycles. The highest BCUT2D eigenvalue weighted by molar-refractivity contribution is 9.10. The lowest BCUT2D eigenvalue weighted by atomic mass is 10.2. The monoisotopic (exact) mass is 308 g/mol.